The summed E-state index contributed by atoms with van der Waals surface area (Å²) in [6.45, 7) is 7.88. The third-order valence-electron chi connectivity index (χ3n) is 3.19. The Morgan fingerprint density at radius 2 is 1.89 bits per heavy atom. The van der Waals surface area contributed by atoms with Gasteiger partial charge in [-0.15, -0.1) is 0 Å². The SMILES string of the molecule is CCN(CC)C(CNCC(Cl)=CCl)c1ccccc1. The molecule has 2 nitrogen and oxygen atoms in total. The molecular formula is C15H22Cl2N2. The Bertz CT molecular complexity index is 375. The Morgan fingerprint density at radius 1 is 1.26 bits per heavy atom. The van der Waals surface area contributed by atoms with E-state index in [-0.39, 0.29) is 0 Å². The number of hydrogen-bond acceptors (Lipinski definition) is 2. The first-order chi connectivity index (χ1) is 9.22. The number of likely N-dealkylation sites (N-methyl/N-ethyl adjacent to an activating group) is 1. The molecule has 0 spiro atoms. The van der Waals surface area contributed by atoms with Gasteiger partial charge in [-0.1, -0.05) is 67.4 Å². The van der Waals surface area contributed by atoms with Crippen LogP contribution >= 0.6 is 23.2 Å². The maximum Gasteiger partial charge on any atom is 0.0472 e. The van der Waals surface area contributed by atoms with Gasteiger partial charge in [-0.25, -0.2) is 0 Å². The Balaban J connectivity index is 2.70. The molecule has 0 aliphatic heterocycles. The van der Waals surface area contributed by atoms with Crippen molar-refractivity contribution in [2.24, 2.45) is 0 Å². The number of halogens is 2. The Labute approximate surface area is 126 Å². The topological polar surface area (TPSA) is 15.3 Å². The molecule has 0 aromatic heterocycles. The van der Waals surface area contributed by atoms with Crippen molar-refractivity contribution in [2.45, 2.75) is 19.9 Å². The van der Waals surface area contributed by atoms with Crippen molar-refractivity contribution in [3.63, 3.8) is 0 Å². The summed E-state index contributed by atoms with van der Waals surface area (Å²) in [5.74, 6) is 0. The van der Waals surface area contributed by atoms with Crippen LogP contribution in [0, 0.1) is 0 Å². The number of nitrogens with one attached hydrogen (secondary N) is 1. The van der Waals surface area contributed by atoms with Gasteiger partial charge in [0.25, 0.3) is 0 Å². The lowest BCUT2D eigenvalue weighted by Crippen LogP contribution is -2.36. The predicted octanol–water partition coefficient (Wildman–Crippen LogP) is 3.98. The molecule has 0 fully saturated rings. The number of hydrogen-bond donors (Lipinski definition) is 1. The standard InChI is InChI=1S/C15H22Cl2N2/c1-3-19(4-2)15(12-18-11-14(17)10-16)13-8-6-5-7-9-13/h5-10,15,18H,3-4,11-12H2,1-2H3. The first-order valence-corrected chi connectivity index (χ1v) is 7.48. The van der Waals surface area contributed by atoms with Gasteiger partial charge in [0, 0.05) is 29.7 Å². The molecule has 0 aliphatic rings. The fraction of sp³-hybridized carbons (Fsp3) is 0.467. The summed E-state index contributed by atoms with van der Waals surface area (Å²) >= 11 is 11.5. The van der Waals surface area contributed by atoms with E-state index in [1.54, 1.807) is 0 Å². The molecule has 0 saturated carbocycles. The van der Waals surface area contributed by atoms with Crippen molar-refractivity contribution in [1.82, 2.24) is 10.2 Å². The van der Waals surface area contributed by atoms with Crippen LogP contribution < -0.4 is 5.32 Å². The third kappa shape index (κ3) is 5.53. The molecule has 1 rings (SSSR count). The van der Waals surface area contributed by atoms with E-state index in [1.165, 1.54) is 11.1 Å². The van der Waals surface area contributed by atoms with Gasteiger partial charge in [-0.3, -0.25) is 4.90 Å². The molecule has 19 heavy (non-hydrogen) atoms. The summed E-state index contributed by atoms with van der Waals surface area (Å²) in [4.78, 5) is 2.43. The summed E-state index contributed by atoms with van der Waals surface area (Å²) in [5, 5.41) is 3.99. The lowest BCUT2D eigenvalue weighted by atomic mass is 10.1. The van der Waals surface area contributed by atoms with Crippen molar-refractivity contribution in [3.05, 3.63) is 46.5 Å². The average molecular weight is 301 g/mol. The largest absolute Gasteiger partial charge is 0.310 e. The van der Waals surface area contributed by atoms with Crippen molar-refractivity contribution in [3.8, 4) is 0 Å². The smallest absolute Gasteiger partial charge is 0.0472 e. The van der Waals surface area contributed by atoms with Crippen LogP contribution in [0.3, 0.4) is 0 Å². The summed E-state index contributed by atoms with van der Waals surface area (Å²) in [5.41, 5.74) is 2.73. The Hall–Kier alpha value is -0.540. The van der Waals surface area contributed by atoms with Crippen LogP contribution in [0.25, 0.3) is 0 Å². The lowest BCUT2D eigenvalue weighted by molar-refractivity contribution is 0.215. The minimum absolute atomic E-state index is 0.357. The summed E-state index contributed by atoms with van der Waals surface area (Å²) in [6.07, 6.45) is 0. The highest BCUT2D eigenvalue weighted by atomic mass is 35.5. The second kappa shape index (κ2) is 9.38. The van der Waals surface area contributed by atoms with E-state index >= 15 is 0 Å². The summed E-state index contributed by atoms with van der Waals surface area (Å²) < 4.78 is 0. The zero-order chi connectivity index (χ0) is 14.1. The van der Waals surface area contributed by atoms with Crippen LogP contribution in [-0.2, 0) is 0 Å². The van der Waals surface area contributed by atoms with Gasteiger partial charge in [0.1, 0.15) is 0 Å². The number of benzene rings is 1. The van der Waals surface area contributed by atoms with E-state index < -0.39 is 0 Å². The van der Waals surface area contributed by atoms with E-state index in [9.17, 15) is 0 Å². The molecule has 1 N–H and O–H groups in total. The third-order valence-corrected chi connectivity index (χ3v) is 3.81. The fourth-order valence-corrected chi connectivity index (χ4v) is 2.34. The monoisotopic (exact) mass is 300 g/mol. The van der Waals surface area contributed by atoms with Crippen LogP contribution in [0.2, 0.25) is 0 Å². The molecular weight excluding hydrogens is 279 g/mol. The molecule has 1 atom stereocenters. The van der Waals surface area contributed by atoms with Crippen molar-refractivity contribution >= 4 is 23.2 Å². The Kier molecular flexibility index (Phi) is 8.15. The molecule has 1 aromatic carbocycles. The number of rotatable bonds is 8. The van der Waals surface area contributed by atoms with Gasteiger partial charge in [0.2, 0.25) is 0 Å². The molecule has 0 amide bonds. The molecule has 1 unspecified atom stereocenters. The van der Waals surface area contributed by atoms with Gasteiger partial charge >= 0.3 is 0 Å². The van der Waals surface area contributed by atoms with E-state index in [2.05, 4.69) is 48.3 Å². The highest BCUT2D eigenvalue weighted by Crippen LogP contribution is 2.19. The molecule has 0 radical (unpaired) electrons. The maximum atomic E-state index is 5.90. The van der Waals surface area contributed by atoms with Crippen LogP contribution in [0.15, 0.2) is 40.9 Å². The highest BCUT2D eigenvalue weighted by molar-refractivity contribution is 6.36. The summed E-state index contributed by atoms with van der Waals surface area (Å²) in [7, 11) is 0. The predicted molar refractivity (Wildman–Crippen MR) is 84.8 cm³/mol. The van der Waals surface area contributed by atoms with Crippen LogP contribution in [0.1, 0.15) is 25.5 Å². The van der Waals surface area contributed by atoms with Crippen LogP contribution in [0.4, 0.5) is 0 Å². The second-order valence-corrected chi connectivity index (χ2v) is 5.04. The van der Waals surface area contributed by atoms with Gasteiger partial charge < -0.3 is 5.32 Å². The molecule has 0 heterocycles. The zero-order valence-corrected chi connectivity index (χ0v) is 13.1. The van der Waals surface area contributed by atoms with Crippen molar-refractivity contribution in [2.75, 3.05) is 26.2 Å². The van der Waals surface area contributed by atoms with E-state index in [0.29, 0.717) is 17.6 Å². The molecule has 0 saturated heterocycles. The quantitative estimate of drug-likeness (QED) is 0.781. The van der Waals surface area contributed by atoms with Crippen molar-refractivity contribution in [1.29, 1.82) is 0 Å². The first kappa shape index (κ1) is 16.5. The molecule has 4 heteroatoms. The van der Waals surface area contributed by atoms with E-state index in [0.717, 1.165) is 19.6 Å². The van der Waals surface area contributed by atoms with Crippen LogP contribution in [0.5, 0.6) is 0 Å². The molecule has 1 aromatic rings. The minimum atomic E-state index is 0.357. The van der Waals surface area contributed by atoms with Gasteiger partial charge in [0.05, 0.1) is 0 Å². The van der Waals surface area contributed by atoms with E-state index in [1.807, 2.05) is 6.07 Å². The summed E-state index contributed by atoms with van der Waals surface area (Å²) in [6, 6.07) is 10.9. The van der Waals surface area contributed by atoms with E-state index in [4.69, 9.17) is 23.2 Å². The van der Waals surface area contributed by atoms with Gasteiger partial charge in [-0.05, 0) is 18.7 Å². The second-order valence-electron chi connectivity index (χ2n) is 4.33. The minimum Gasteiger partial charge on any atom is -0.310 e. The van der Waals surface area contributed by atoms with Crippen LogP contribution in [-0.4, -0.2) is 31.1 Å². The van der Waals surface area contributed by atoms with Gasteiger partial charge in [0.15, 0.2) is 0 Å². The molecule has 106 valence electrons. The Morgan fingerprint density at radius 3 is 2.42 bits per heavy atom. The molecule has 0 bridgehead atoms. The number of nitrogens with zero attached hydrogens (tertiary/aromatic N) is 1. The average Bonchev–Trinajstić information content (AvgIpc) is 2.47. The molecule has 0 aliphatic carbocycles. The van der Waals surface area contributed by atoms with Crippen molar-refractivity contribution < 1.29 is 0 Å². The highest BCUT2D eigenvalue weighted by Gasteiger charge is 2.17. The fourth-order valence-electron chi connectivity index (χ4n) is 2.16. The zero-order valence-electron chi connectivity index (χ0n) is 11.6. The normalized spacial score (nSPS) is 13.8. The first-order valence-electron chi connectivity index (χ1n) is 6.67. The lowest BCUT2D eigenvalue weighted by Gasteiger charge is -2.30. The maximum absolute atomic E-state index is 5.90. The van der Waals surface area contributed by atoms with Gasteiger partial charge in [-0.2, -0.15) is 0 Å².